The molecule has 0 heterocycles. The molecule has 0 spiro atoms. The van der Waals surface area contributed by atoms with E-state index >= 15 is 0 Å². The van der Waals surface area contributed by atoms with Crippen LogP contribution < -0.4 is 9.46 Å². The van der Waals surface area contributed by atoms with E-state index in [1.165, 1.54) is 25.3 Å². The number of ether oxygens (including phenoxy) is 1. The van der Waals surface area contributed by atoms with Gasteiger partial charge < -0.3 is 4.74 Å². The number of para-hydroxylation sites is 1. The minimum Gasteiger partial charge on any atom is -0.497 e. The first-order valence-electron chi connectivity index (χ1n) is 6.26. The number of aryl methyl sites for hydroxylation is 1. The molecule has 7 nitrogen and oxygen atoms in total. The summed E-state index contributed by atoms with van der Waals surface area (Å²) >= 11 is 0. The van der Waals surface area contributed by atoms with Gasteiger partial charge in [-0.25, -0.2) is 8.42 Å². The lowest BCUT2D eigenvalue weighted by Crippen LogP contribution is -2.15. The van der Waals surface area contributed by atoms with Crippen molar-refractivity contribution in [1.29, 1.82) is 0 Å². The van der Waals surface area contributed by atoms with Crippen LogP contribution in [0.15, 0.2) is 47.4 Å². The molecule has 0 aliphatic rings. The summed E-state index contributed by atoms with van der Waals surface area (Å²) in [5.41, 5.74) is 0.502. The summed E-state index contributed by atoms with van der Waals surface area (Å²) in [6.45, 7) is 1.71. The van der Waals surface area contributed by atoms with Crippen molar-refractivity contribution in [1.82, 2.24) is 0 Å². The second-order valence-corrected chi connectivity index (χ2v) is 6.16. The Hall–Kier alpha value is -2.61. The number of nitrogens with zero attached hydrogens (tertiary/aromatic N) is 1. The van der Waals surface area contributed by atoms with Crippen molar-refractivity contribution in [3.8, 4) is 5.75 Å². The summed E-state index contributed by atoms with van der Waals surface area (Å²) in [5.74, 6) is 0.589. The topological polar surface area (TPSA) is 98.5 Å². The predicted molar refractivity (Wildman–Crippen MR) is 81.6 cm³/mol. The molecular formula is C14H14N2O5S. The summed E-state index contributed by atoms with van der Waals surface area (Å²) in [7, 11) is -2.56. The highest BCUT2D eigenvalue weighted by Crippen LogP contribution is 2.27. The van der Waals surface area contributed by atoms with E-state index in [4.69, 9.17) is 4.74 Å². The van der Waals surface area contributed by atoms with Gasteiger partial charge in [-0.05, 0) is 36.8 Å². The lowest BCUT2D eigenvalue weighted by atomic mass is 10.2. The SMILES string of the molecule is COc1ccc(NS(=O)(=O)c2ccccc2[N+](=O)[O-])c(C)c1. The fraction of sp³-hybridized carbons (Fsp3) is 0.143. The van der Waals surface area contributed by atoms with Gasteiger partial charge >= 0.3 is 0 Å². The molecular weight excluding hydrogens is 308 g/mol. The van der Waals surface area contributed by atoms with Gasteiger partial charge in [0.2, 0.25) is 0 Å². The number of nitro groups is 1. The van der Waals surface area contributed by atoms with E-state index in [1.54, 1.807) is 25.1 Å². The van der Waals surface area contributed by atoms with Crippen molar-refractivity contribution in [3.63, 3.8) is 0 Å². The van der Waals surface area contributed by atoms with Crippen LogP contribution in [0.2, 0.25) is 0 Å². The van der Waals surface area contributed by atoms with E-state index in [2.05, 4.69) is 4.72 Å². The number of methoxy groups -OCH3 is 1. The van der Waals surface area contributed by atoms with Crippen molar-refractivity contribution in [3.05, 3.63) is 58.1 Å². The van der Waals surface area contributed by atoms with Crippen molar-refractivity contribution < 1.29 is 18.1 Å². The molecule has 0 bridgehead atoms. The number of anilines is 1. The molecule has 0 aliphatic carbocycles. The third-order valence-corrected chi connectivity index (χ3v) is 4.44. The summed E-state index contributed by atoms with van der Waals surface area (Å²) in [4.78, 5) is 9.86. The zero-order chi connectivity index (χ0) is 16.3. The van der Waals surface area contributed by atoms with E-state index in [9.17, 15) is 18.5 Å². The van der Waals surface area contributed by atoms with Gasteiger partial charge in [-0.15, -0.1) is 0 Å². The Labute approximate surface area is 127 Å². The number of nitrogens with one attached hydrogen (secondary N) is 1. The predicted octanol–water partition coefficient (Wildman–Crippen LogP) is 2.71. The van der Waals surface area contributed by atoms with Gasteiger partial charge in [0.05, 0.1) is 17.7 Å². The largest absolute Gasteiger partial charge is 0.497 e. The van der Waals surface area contributed by atoms with Gasteiger partial charge in [0.1, 0.15) is 5.75 Å². The maximum absolute atomic E-state index is 12.4. The number of hydrogen-bond acceptors (Lipinski definition) is 5. The van der Waals surface area contributed by atoms with Crippen molar-refractivity contribution in [2.24, 2.45) is 0 Å². The number of sulfonamides is 1. The molecule has 8 heteroatoms. The molecule has 116 valence electrons. The average molecular weight is 322 g/mol. The summed E-state index contributed by atoms with van der Waals surface area (Å²) < 4.78 is 32.2. The van der Waals surface area contributed by atoms with Crippen LogP contribution in [0.4, 0.5) is 11.4 Å². The van der Waals surface area contributed by atoms with Crippen LogP contribution >= 0.6 is 0 Å². The number of hydrogen-bond donors (Lipinski definition) is 1. The molecule has 0 saturated carbocycles. The van der Waals surface area contributed by atoms with Gasteiger partial charge in [0.25, 0.3) is 15.7 Å². The molecule has 0 saturated heterocycles. The molecule has 22 heavy (non-hydrogen) atoms. The van der Waals surface area contributed by atoms with E-state index in [0.29, 0.717) is 17.0 Å². The number of rotatable bonds is 5. The first-order chi connectivity index (χ1) is 10.3. The Morgan fingerprint density at radius 3 is 2.45 bits per heavy atom. The molecule has 0 atom stereocenters. The molecule has 0 aliphatic heterocycles. The molecule has 0 amide bonds. The van der Waals surface area contributed by atoms with Gasteiger partial charge in [-0.1, -0.05) is 12.1 Å². The summed E-state index contributed by atoms with van der Waals surface area (Å²) in [5, 5.41) is 11.0. The molecule has 0 radical (unpaired) electrons. The fourth-order valence-electron chi connectivity index (χ4n) is 1.91. The summed E-state index contributed by atoms with van der Waals surface area (Å²) in [6.07, 6.45) is 0. The third-order valence-electron chi connectivity index (χ3n) is 3.03. The van der Waals surface area contributed by atoms with Crippen molar-refractivity contribution in [2.45, 2.75) is 11.8 Å². The number of benzene rings is 2. The molecule has 2 rings (SSSR count). The Balaban J connectivity index is 2.43. The Bertz CT molecular complexity index is 818. The lowest BCUT2D eigenvalue weighted by Gasteiger charge is -2.11. The Morgan fingerprint density at radius 1 is 1.18 bits per heavy atom. The first-order valence-corrected chi connectivity index (χ1v) is 7.74. The molecule has 2 aromatic carbocycles. The zero-order valence-electron chi connectivity index (χ0n) is 11.9. The van der Waals surface area contributed by atoms with Crippen LogP contribution in [0.5, 0.6) is 5.75 Å². The molecule has 2 aromatic rings. The highest BCUT2D eigenvalue weighted by molar-refractivity contribution is 7.92. The second-order valence-electron chi connectivity index (χ2n) is 4.51. The molecule has 1 N–H and O–H groups in total. The highest BCUT2D eigenvalue weighted by atomic mass is 32.2. The quantitative estimate of drug-likeness (QED) is 0.674. The van der Waals surface area contributed by atoms with Crippen LogP contribution in [-0.4, -0.2) is 20.5 Å². The van der Waals surface area contributed by atoms with Crippen LogP contribution in [-0.2, 0) is 10.0 Å². The third kappa shape index (κ3) is 3.17. The minimum absolute atomic E-state index is 0.332. The first kappa shape index (κ1) is 15.8. The maximum atomic E-state index is 12.4. The lowest BCUT2D eigenvalue weighted by molar-refractivity contribution is -0.387. The van der Waals surface area contributed by atoms with Gasteiger partial charge in [0, 0.05) is 6.07 Å². The number of nitro benzene ring substituents is 1. The van der Waals surface area contributed by atoms with E-state index in [0.717, 1.165) is 6.07 Å². The van der Waals surface area contributed by atoms with Crippen LogP contribution in [0.25, 0.3) is 0 Å². The van der Waals surface area contributed by atoms with E-state index in [1.807, 2.05) is 0 Å². The van der Waals surface area contributed by atoms with Crippen LogP contribution in [0.3, 0.4) is 0 Å². The van der Waals surface area contributed by atoms with E-state index in [-0.39, 0.29) is 4.90 Å². The van der Waals surface area contributed by atoms with Crippen LogP contribution in [0, 0.1) is 17.0 Å². The van der Waals surface area contributed by atoms with Gasteiger partial charge in [-0.3, -0.25) is 14.8 Å². The van der Waals surface area contributed by atoms with Crippen molar-refractivity contribution >= 4 is 21.4 Å². The van der Waals surface area contributed by atoms with Crippen LogP contribution in [0.1, 0.15) is 5.56 Å². The average Bonchev–Trinajstić information content (AvgIpc) is 2.49. The fourth-order valence-corrected chi connectivity index (χ4v) is 3.22. The minimum atomic E-state index is -4.06. The van der Waals surface area contributed by atoms with Crippen molar-refractivity contribution in [2.75, 3.05) is 11.8 Å². The Kier molecular flexibility index (Phi) is 4.32. The molecule has 0 aromatic heterocycles. The Morgan fingerprint density at radius 2 is 1.86 bits per heavy atom. The molecule has 0 fully saturated rings. The second kappa shape index (κ2) is 6.02. The normalized spacial score (nSPS) is 11.0. The zero-order valence-corrected chi connectivity index (χ0v) is 12.8. The van der Waals surface area contributed by atoms with Gasteiger partial charge in [0.15, 0.2) is 4.90 Å². The summed E-state index contributed by atoms with van der Waals surface area (Å²) in [6, 6.07) is 10.00. The smallest absolute Gasteiger partial charge is 0.289 e. The monoisotopic (exact) mass is 322 g/mol. The van der Waals surface area contributed by atoms with Gasteiger partial charge in [-0.2, -0.15) is 0 Å². The maximum Gasteiger partial charge on any atom is 0.289 e. The highest BCUT2D eigenvalue weighted by Gasteiger charge is 2.25. The standard InChI is InChI=1S/C14H14N2O5S/c1-10-9-11(21-2)7-8-12(10)15-22(19,20)14-6-4-3-5-13(14)16(17)18/h3-9,15H,1-2H3. The molecule has 0 unspecified atom stereocenters. The van der Waals surface area contributed by atoms with E-state index < -0.39 is 20.6 Å².